The van der Waals surface area contributed by atoms with Crippen LogP contribution in [0.4, 0.5) is 11.8 Å². The molecule has 0 fully saturated rings. The van der Waals surface area contributed by atoms with Crippen LogP contribution in [0, 0.1) is 5.92 Å². The molecule has 7 heteroatoms. The van der Waals surface area contributed by atoms with Crippen LogP contribution < -0.4 is 16.4 Å². The summed E-state index contributed by atoms with van der Waals surface area (Å²) in [4.78, 5) is 22.6. The molecule has 0 radical (unpaired) electrons. The van der Waals surface area contributed by atoms with Crippen molar-refractivity contribution in [3.05, 3.63) is 10.9 Å². The standard InChI is InChI=1S/C14H21N5OS/c1-5-8-6-9-12(17-10(7(2)3)11(15)20)18-14(16-4)19-13(9)21-8/h6-7,10H,5H2,1-4H3,(H2,15,20)(H2,16,17,18,19). The van der Waals surface area contributed by atoms with E-state index in [9.17, 15) is 4.79 Å². The zero-order valence-corrected chi connectivity index (χ0v) is 13.5. The van der Waals surface area contributed by atoms with Gasteiger partial charge in [0.05, 0.1) is 5.39 Å². The van der Waals surface area contributed by atoms with Gasteiger partial charge in [-0.25, -0.2) is 4.98 Å². The number of nitrogens with one attached hydrogen (secondary N) is 2. The second kappa shape index (κ2) is 6.26. The lowest BCUT2D eigenvalue weighted by Gasteiger charge is -2.20. The Morgan fingerprint density at radius 2 is 2.14 bits per heavy atom. The summed E-state index contributed by atoms with van der Waals surface area (Å²) in [6.45, 7) is 6.00. The Morgan fingerprint density at radius 3 is 2.67 bits per heavy atom. The van der Waals surface area contributed by atoms with Crippen molar-refractivity contribution in [2.75, 3.05) is 17.7 Å². The maximum Gasteiger partial charge on any atom is 0.240 e. The van der Waals surface area contributed by atoms with Crippen molar-refractivity contribution in [3.8, 4) is 0 Å². The van der Waals surface area contributed by atoms with Crippen molar-refractivity contribution < 1.29 is 4.79 Å². The number of hydrogen-bond donors (Lipinski definition) is 3. The molecule has 0 saturated carbocycles. The molecular formula is C14H21N5OS. The second-order valence-electron chi connectivity index (χ2n) is 5.20. The van der Waals surface area contributed by atoms with E-state index in [1.165, 1.54) is 4.88 Å². The normalized spacial score (nSPS) is 12.6. The highest BCUT2D eigenvalue weighted by atomic mass is 32.1. The fourth-order valence-corrected chi connectivity index (χ4v) is 3.05. The van der Waals surface area contributed by atoms with Crippen molar-refractivity contribution in [1.82, 2.24) is 9.97 Å². The molecule has 0 aromatic carbocycles. The van der Waals surface area contributed by atoms with E-state index in [4.69, 9.17) is 5.73 Å². The number of hydrogen-bond acceptors (Lipinski definition) is 6. The van der Waals surface area contributed by atoms with Crippen molar-refractivity contribution in [2.45, 2.75) is 33.2 Å². The number of thiophene rings is 1. The lowest BCUT2D eigenvalue weighted by Crippen LogP contribution is -2.39. The second-order valence-corrected chi connectivity index (χ2v) is 6.31. The maximum absolute atomic E-state index is 11.6. The highest BCUT2D eigenvalue weighted by molar-refractivity contribution is 7.18. The van der Waals surface area contributed by atoms with Crippen LogP contribution in [0.25, 0.3) is 10.2 Å². The lowest BCUT2D eigenvalue weighted by molar-refractivity contribution is -0.119. The first kappa shape index (κ1) is 15.5. The molecule has 21 heavy (non-hydrogen) atoms. The van der Waals surface area contributed by atoms with Crippen LogP contribution in [0.2, 0.25) is 0 Å². The molecule has 1 atom stereocenters. The SMILES string of the molecule is CCc1cc2c(NC(C(N)=O)C(C)C)nc(NC)nc2s1. The first-order chi connectivity index (χ1) is 9.96. The van der Waals surface area contributed by atoms with Gasteiger partial charge in [0.15, 0.2) is 0 Å². The Kier molecular flexibility index (Phi) is 4.62. The minimum Gasteiger partial charge on any atom is -0.368 e. The molecule has 1 amide bonds. The number of aryl methyl sites for hydroxylation is 1. The number of carbonyl (C=O) groups excluding carboxylic acids is 1. The molecule has 0 spiro atoms. The van der Waals surface area contributed by atoms with Crippen LogP contribution in [0.1, 0.15) is 25.6 Å². The highest BCUT2D eigenvalue weighted by Gasteiger charge is 2.22. The summed E-state index contributed by atoms with van der Waals surface area (Å²) < 4.78 is 0. The van der Waals surface area contributed by atoms with Crippen LogP contribution in [-0.4, -0.2) is 29.0 Å². The van der Waals surface area contributed by atoms with Gasteiger partial charge >= 0.3 is 0 Å². The average molecular weight is 307 g/mol. The van der Waals surface area contributed by atoms with Gasteiger partial charge in [0.1, 0.15) is 16.7 Å². The van der Waals surface area contributed by atoms with E-state index in [2.05, 4.69) is 33.6 Å². The summed E-state index contributed by atoms with van der Waals surface area (Å²) in [5.74, 6) is 0.878. The fourth-order valence-electron chi connectivity index (χ4n) is 2.08. The van der Waals surface area contributed by atoms with E-state index >= 15 is 0 Å². The molecule has 0 aliphatic rings. The zero-order chi connectivity index (χ0) is 15.6. The number of anilines is 2. The maximum atomic E-state index is 11.6. The van der Waals surface area contributed by atoms with Crippen molar-refractivity contribution >= 4 is 39.2 Å². The number of nitrogens with two attached hydrogens (primary N) is 1. The Bertz CT molecular complexity index is 652. The van der Waals surface area contributed by atoms with Crippen molar-refractivity contribution in [3.63, 3.8) is 0 Å². The molecule has 2 heterocycles. The van der Waals surface area contributed by atoms with Gasteiger partial charge < -0.3 is 16.4 Å². The van der Waals surface area contributed by atoms with E-state index < -0.39 is 6.04 Å². The van der Waals surface area contributed by atoms with Crippen LogP contribution in [0.5, 0.6) is 0 Å². The summed E-state index contributed by atoms with van der Waals surface area (Å²) >= 11 is 1.64. The van der Waals surface area contributed by atoms with Crippen LogP contribution in [0.3, 0.4) is 0 Å². The topological polar surface area (TPSA) is 92.9 Å². The third-order valence-electron chi connectivity index (χ3n) is 3.28. The summed E-state index contributed by atoms with van der Waals surface area (Å²) in [6, 6.07) is 1.61. The predicted octanol–water partition coefficient (Wildman–Crippen LogP) is 2.22. The number of primary amides is 1. The van der Waals surface area contributed by atoms with Gasteiger partial charge in [-0.2, -0.15) is 4.98 Å². The van der Waals surface area contributed by atoms with Crippen LogP contribution in [0.15, 0.2) is 6.07 Å². The molecular weight excluding hydrogens is 286 g/mol. The van der Waals surface area contributed by atoms with Crippen LogP contribution >= 0.6 is 11.3 Å². The Hall–Kier alpha value is -1.89. The number of amides is 1. The quantitative estimate of drug-likeness (QED) is 0.761. The Morgan fingerprint density at radius 1 is 1.43 bits per heavy atom. The monoisotopic (exact) mass is 307 g/mol. The van der Waals surface area contributed by atoms with Gasteiger partial charge in [0.25, 0.3) is 0 Å². The van der Waals surface area contributed by atoms with E-state index in [1.54, 1.807) is 18.4 Å². The minimum absolute atomic E-state index is 0.0785. The van der Waals surface area contributed by atoms with Gasteiger partial charge in [-0.05, 0) is 18.4 Å². The summed E-state index contributed by atoms with van der Waals surface area (Å²) in [5, 5.41) is 7.05. The third-order valence-corrected chi connectivity index (χ3v) is 4.45. The van der Waals surface area contributed by atoms with Gasteiger partial charge in [0, 0.05) is 11.9 Å². The molecule has 2 aromatic rings. The van der Waals surface area contributed by atoms with E-state index in [1.807, 2.05) is 13.8 Å². The Labute approximate surface area is 128 Å². The lowest BCUT2D eigenvalue weighted by atomic mass is 10.0. The molecule has 1 unspecified atom stereocenters. The number of rotatable bonds is 6. The number of carbonyl (C=O) groups is 1. The highest BCUT2D eigenvalue weighted by Crippen LogP contribution is 2.31. The molecule has 2 rings (SSSR count). The molecule has 0 aliphatic heterocycles. The summed E-state index contributed by atoms with van der Waals surface area (Å²) in [6.07, 6.45) is 0.943. The van der Waals surface area contributed by atoms with E-state index in [0.29, 0.717) is 11.8 Å². The van der Waals surface area contributed by atoms with E-state index in [0.717, 1.165) is 16.6 Å². The average Bonchev–Trinajstić information content (AvgIpc) is 2.86. The van der Waals surface area contributed by atoms with Gasteiger partial charge in [-0.3, -0.25) is 4.79 Å². The molecule has 6 nitrogen and oxygen atoms in total. The number of aromatic nitrogens is 2. The molecule has 2 aromatic heterocycles. The molecule has 114 valence electrons. The smallest absolute Gasteiger partial charge is 0.240 e. The Balaban J connectivity index is 2.49. The minimum atomic E-state index is -0.460. The largest absolute Gasteiger partial charge is 0.368 e. The number of fused-ring (bicyclic) bond motifs is 1. The fraction of sp³-hybridized carbons (Fsp3) is 0.500. The number of nitrogens with zero attached hydrogens (tertiary/aromatic N) is 2. The summed E-state index contributed by atoms with van der Waals surface area (Å²) in [5.41, 5.74) is 5.47. The third kappa shape index (κ3) is 3.24. The molecule has 0 bridgehead atoms. The summed E-state index contributed by atoms with van der Waals surface area (Å²) in [7, 11) is 1.77. The van der Waals surface area contributed by atoms with Gasteiger partial charge in [-0.15, -0.1) is 11.3 Å². The molecule has 4 N–H and O–H groups in total. The molecule has 0 aliphatic carbocycles. The molecule has 0 saturated heterocycles. The zero-order valence-electron chi connectivity index (χ0n) is 12.7. The van der Waals surface area contributed by atoms with Crippen molar-refractivity contribution in [2.24, 2.45) is 11.7 Å². The van der Waals surface area contributed by atoms with Gasteiger partial charge in [-0.1, -0.05) is 20.8 Å². The van der Waals surface area contributed by atoms with Gasteiger partial charge in [0.2, 0.25) is 11.9 Å². The predicted molar refractivity (Wildman–Crippen MR) is 87.8 cm³/mol. The first-order valence-corrected chi connectivity index (χ1v) is 7.82. The van der Waals surface area contributed by atoms with Crippen molar-refractivity contribution in [1.29, 1.82) is 0 Å². The first-order valence-electron chi connectivity index (χ1n) is 7.00. The van der Waals surface area contributed by atoms with E-state index in [-0.39, 0.29) is 11.8 Å². The van der Waals surface area contributed by atoms with Crippen LogP contribution in [-0.2, 0) is 11.2 Å².